The molecule has 56 valence electrons. The Hall–Kier alpha value is -0.570. The fourth-order valence-electron chi connectivity index (χ4n) is 1.91. The van der Waals surface area contributed by atoms with Crippen LogP contribution in [0.1, 0.15) is 25.7 Å². The molecule has 2 saturated carbocycles. The molecule has 1 spiro atoms. The maximum Gasteiger partial charge on any atom is 0.305 e. The van der Waals surface area contributed by atoms with Gasteiger partial charge in [0.15, 0.2) is 0 Å². The lowest BCUT2D eigenvalue weighted by Gasteiger charge is -2.04. The summed E-state index contributed by atoms with van der Waals surface area (Å²) in [6.07, 6.45) is 3.40. The van der Waals surface area contributed by atoms with Gasteiger partial charge < -0.3 is 10.8 Å². The number of hydrogen-bond acceptors (Lipinski definition) is 2. The molecular formula is C7H11NO2. The normalized spacial score (nSPS) is 39.7. The van der Waals surface area contributed by atoms with Crippen LogP contribution in [0.25, 0.3) is 0 Å². The molecule has 10 heavy (non-hydrogen) atoms. The van der Waals surface area contributed by atoms with Crippen LogP contribution >= 0.6 is 0 Å². The molecule has 0 heterocycles. The third-order valence-electron chi connectivity index (χ3n) is 2.91. The molecule has 0 aromatic carbocycles. The van der Waals surface area contributed by atoms with Crippen molar-refractivity contribution >= 4 is 5.97 Å². The standard InChI is InChI=1S/C7H11NO2/c8-7(3-5(9)10)4-6(7)1-2-6/h1-4,8H2,(H,9,10)/t7-/m0/s1. The summed E-state index contributed by atoms with van der Waals surface area (Å²) < 4.78 is 0. The van der Waals surface area contributed by atoms with Crippen LogP contribution in [0.2, 0.25) is 0 Å². The van der Waals surface area contributed by atoms with Gasteiger partial charge in [-0.3, -0.25) is 4.79 Å². The molecule has 3 heteroatoms. The first-order valence-electron chi connectivity index (χ1n) is 3.59. The smallest absolute Gasteiger partial charge is 0.305 e. The van der Waals surface area contributed by atoms with Gasteiger partial charge in [-0.2, -0.15) is 0 Å². The van der Waals surface area contributed by atoms with Gasteiger partial charge >= 0.3 is 5.97 Å². The number of aliphatic carboxylic acids is 1. The van der Waals surface area contributed by atoms with Crippen LogP contribution in [0, 0.1) is 5.41 Å². The lowest BCUT2D eigenvalue weighted by Crippen LogP contribution is -2.28. The third-order valence-corrected chi connectivity index (χ3v) is 2.91. The van der Waals surface area contributed by atoms with E-state index in [0.717, 1.165) is 19.3 Å². The zero-order chi connectivity index (χ0) is 7.41. The molecule has 0 saturated heterocycles. The van der Waals surface area contributed by atoms with Crippen LogP contribution in [-0.2, 0) is 4.79 Å². The average Bonchev–Trinajstić information content (AvgIpc) is 2.52. The summed E-state index contributed by atoms with van der Waals surface area (Å²) in [6, 6.07) is 0. The van der Waals surface area contributed by atoms with Crippen LogP contribution < -0.4 is 5.73 Å². The first-order chi connectivity index (χ1) is 4.58. The van der Waals surface area contributed by atoms with E-state index in [9.17, 15) is 4.79 Å². The molecule has 2 aliphatic carbocycles. The van der Waals surface area contributed by atoms with Gasteiger partial charge in [-0.25, -0.2) is 0 Å². The van der Waals surface area contributed by atoms with Gasteiger partial charge in [0.25, 0.3) is 0 Å². The fraction of sp³-hybridized carbons (Fsp3) is 0.857. The van der Waals surface area contributed by atoms with Gasteiger partial charge in [0.1, 0.15) is 0 Å². The summed E-state index contributed by atoms with van der Waals surface area (Å²) in [7, 11) is 0. The largest absolute Gasteiger partial charge is 0.481 e. The fourth-order valence-corrected chi connectivity index (χ4v) is 1.91. The molecule has 2 fully saturated rings. The Labute approximate surface area is 59.2 Å². The average molecular weight is 141 g/mol. The summed E-state index contributed by atoms with van der Waals surface area (Å²) in [5.74, 6) is -0.758. The molecule has 2 rings (SSSR count). The molecule has 0 unspecified atom stereocenters. The van der Waals surface area contributed by atoms with Crippen LogP contribution in [-0.4, -0.2) is 16.6 Å². The van der Waals surface area contributed by atoms with Gasteiger partial charge in [-0.05, 0) is 24.7 Å². The summed E-state index contributed by atoms with van der Waals surface area (Å²) in [4.78, 5) is 10.3. The Morgan fingerprint density at radius 3 is 2.50 bits per heavy atom. The molecule has 3 nitrogen and oxygen atoms in total. The molecule has 0 amide bonds. The van der Waals surface area contributed by atoms with Crippen molar-refractivity contribution in [3.8, 4) is 0 Å². The molecule has 0 aromatic heterocycles. The number of carboxylic acids is 1. The van der Waals surface area contributed by atoms with E-state index < -0.39 is 5.97 Å². The molecule has 2 aliphatic rings. The third kappa shape index (κ3) is 0.611. The molecule has 1 atom stereocenters. The highest BCUT2D eigenvalue weighted by Crippen LogP contribution is 2.72. The topological polar surface area (TPSA) is 63.3 Å². The minimum Gasteiger partial charge on any atom is -0.481 e. The van der Waals surface area contributed by atoms with Crippen molar-refractivity contribution in [3.05, 3.63) is 0 Å². The Bertz CT molecular complexity index is 198. The predicted octanol–water partition coefficient (Wildman–Crippen LogP) is 0.342. The highest BCUT2D eigenvalue weighted by Gasteiger charge is 2.72. The van der Waals surface area contributed by atoms with E-state index in [4.69, 9.17) is 10.8 Å². The van der Waals surface area contributed by atoms with E-state index in [-0.39, 0.29) is 17.4 Å². The van der Waals surface area contributed by atoms with Crippen molar-refractivity contribution in [2.75, 3.05) is 0 Å². The van der Waals surface area contributed by atoms with Gasteiger partial charge in [0.2, 0.25) is 0 Å². The summed E-state index contributed by atoms with van der Waals surface area (Å²) >= 11 is 0. The Morgan fingerprint density at radius 1 is 1.60 bits per heavy atom. The van der Waals surface area contributed by atoms with E-state index in [1.54, 1.807) is 0 Å². The van der Waals surface area contributed by atoms with E-state index in [0.29, 0.717) is 0 Å². The van der Waals surface area contributed by atoms with Crippen molar-refractivity contribution in [2.45, 2.75) is 31.2 Å². The highest BCUT2D eigenvalue weighted by molar-refractivity contribution is 5.70. The highest BCUT2D eigenvalue weighted by atomic mass is 16.4. The molecule has 0 bridgehead atoms. The van der Waals surface area contributed by atoms with Crippen molar-refractivity contribution in [3.63, 3.8) is 0 Å². The Kier molecular flexibility index (Phi) is 0.844. The number of rotatable bonds is 2. The maximum absolute atomic E-state index is 10.3. The van der Waals surface area contributed by atoms with E-state index in [1.165, 1.54) is 0 Å². The van der Waals surface area contributed by atoms with Crippen molar-refractivity contribution in [1.82, 2.24) is 0 Å². The van der Waals surface area contributed by atoms with E-state index in [1.807, 2.05) is 0 Å². The number of carboxylic acid groups (broad SMARTS) is 1. The zero-order valence-corrected chi connectivity index (χ0v) is 5.76. The molecule has 0 aliphatic heterocycles. The summed E-state index contributed by atoms with van der Waals surface area (Å²) in [5, 5.41) is 8.47. The lowest BCUT2D eigenvalue weighted by atomic mass is 10.1. The quantitative estimate of drug-likeness (QED) is 0.583. The zero-order valence-electron chi connectivity index (χ0n) is 5.76. The predicted molar refractivity (Wildman–Crippen MR) is 35.5 cm³/mol. The van der Waals surface area contributed by atoms with Crippen molar-refractivity contribution in [2.24, 2.45) is 11.1 Å². The van der Waals surface area contributed by atoms with Gasteiger partial charge in [-0.1, -0.05) is 0 Å². The molecule has 3 N–H and O–H groups in total. The maximum atomic E-state index is 10.3. The number of nitrogens with two attached hydrogens (primary N) is 1. The number of carbonyl (C=O) groups is 1. The van der Waals surface area contributed by atoms with Gasteiger partial charge in [0.05, 0.1) is 6.42 Å². The summed E-state index contributed by atoms with van der Waals surface area (Å²) in [5.41, 5.74) is 5.77. The molecule has 0 radical (unpaired) electrons. The molecule has 0 aromatic rings. The Morgan fingerprint density at radius 2 is 2.20 bits per heavy atom. The minimum absolute atomic E-state index is 0.160. The van der Waals surface area contributed by atoms with E-state index >= 15 is 0 Å². The second-order valence-corrected chi connectivity index (χ2v) is 3.68. The van der Waals surface area contributed by atoms with Crippen LogP contribution in [0.3, 0.4) is 0 Å². The Balaban J connectivity index is 2.00. The van der Waals surface area contributed by atoms with Gasteiger partial charge in [0, 0.05) is 5.54 Å². The number of hydrogen-bond donors (Lipinski definition) is 2. The first kappa shape index (κ1) is 6.16. The second kappa shape index (κ2) is 1.37. The minimum atomic E-state index is -0.758. The second-order valence-electron chi connectivity index (χ2n) is 3.68. The van der Waals surface area contributed by atoms with Crippen molar-refractivity contribution in [1.29, 1.82) is 0 Å². The SMILES string of the molecule is N[C@@]1(CC(=O)O)CC12CC2. The van der Waals surface area contributed by atoms with Crippen LogP contribution in [0.4, 0.5) is 0 Å². The van der Waals surface area contributed by atoms with Crippen LogP contribution in [0.5, 0.6) is 0 Å². The first-order valence-corrected chi connectivity index (χ1v) is 3.59. The lowest BCUT2D eigenvalue weighted by molar-refractivity contribution is -0.137. The van der Waals surface area contributed by atoms with Gasteiger partial charge in [-0.15, -0.1) is 0 Å². The molecular weight excluding hydrogens is 130 g/mol. The van der Waals surface area contributed by atoms with Crippen molar-refractivity contribution < 1.29 is 9.90 Å². The monoisotopic (exact) mass is 141 g/mol. The van der Waals surface area contributed by atoms with Crippen LogP contribution in [0.15, 0.2) is 0 Å². The summed E-state index contributed by atoms with van der Waals surface area (Å²) in [6.45, 7) is 0. The van der Waals surface area contributed by atoms with E-state index in [2.05, 4.69) is 0 Å².